The van der Waals surface area contributed by atoms with Gasteiger partial charge in [0.05, 0.1) is 6.67 Å². The van der Waals surface area contributed by atoms with E-state index in [9.17, 15) is 18.8 Å². The summed E-state index contributed by atoms with van der Waals surface area (Å²) in [6.07, 6.45) is 0.794. The Labute approximate surface area is 219 Å². The summed E-state index contributed by atoms with van der Waals surface area (Å²) in [6.45, 7) is 0.825. The Morgan fingerprint density at radius 2 is 1.68 bits per heavy atom. The van der Waals surface area contributed by atoms with Gasteiger partial charge in [0, 0.05) is 35.1 Å². The summed E-state index contributed by atoms with van der Waals surface area (Å²) in [4.78, 5) is 44.9. The van der Waals surface area contributed by atoms with E-state index in [2.05, 4.69) is 5.32 Å². The number of carbonyl (C=O) groups excluding carboxylic acids is 3. The predicted octanol–water partition coefficient (Wildman–Crippen LogP) is 4.40. The van der Waals surface area contributed by atoms with Gasteiger partial charge in [-0.1, -0.05) is 41.9 Å². The van der Waals surface area contributed by atoms with Gasteiger partial charge in [-0.2, -0.15) is 0 Å². The van der Waals surface area contributed by atoms with Crippen molar-refractivity contribution in [3.05, 3.63) is 95.3 Å². The lowest BCUT2D eigenvalue weighted by atomic mass is 9.85. The van der Waals surface area contributed by atoms with Gasteiger partial charge in [0.15, 0.2) is 0 Å². The number of benzene rings is 3. The summed E-state index contributed by atoms with van der Waals surface area (Å²) in [5, 5.41) is 3.31. The third kappa shape index (κ3) is 5.02. The molecule has 9 heteroatoms. The smallest absolute Gasteiger partial charge is 0.253 e. The number of carbonyl (C=O) groups is 3. The highest BCUT2D eigenvalue weighted by atomic mass is 35.5. The maximum absolute atomic E-state index is 13.8. The van der Waals surface area contributed by atoms with Crippen LogP contribution in [0.4, 0.5) is 15.8 Å². The van der Waals surface area contributed by atoms with E-state index >= 15 is 0 Å². The van der Waals surface area contributed by atoms with Gasteiger partial charge in [0.25, 0.3) is 11.8 Å². The van der Waals surface area contributed by atoms with E-state index in [-0.39, 0.29) is 36.5 Å². The van der Waals surface area contributed by atoms with Crippen molar-refractivity contribution in [2.24, 2.45) is 0 Å². The minimum Gasteiger partial charge on any atom is -0.339 e. The first-order valence-corrected chi connectivity index (χ1v) is 12.5. The number of piperidine rings is 1. The predicted molar refractivity (Wildman–Crippen MR) is 140 cm³/mol. The van der Waals surface area contributed by atoms with Crippen molar-refractivity contribution >= 4 is 40.7 Å². The van der Waals surface area contributed by atoms with Crippen LogP contribution >= 0.6 is 11.6 Å². The van der Waals surface area contributed by atoms with Gasteiger partial charge in [-0.3, -0.25) is 14.4 Å². The van der Waals surface area contributed by atoms with Gasteiger partial charge in [-0.05, 0) is 61.4 Å². The Morgan fingerprint density at radius 3 is 2.38 bits per heavy atom. The Balaban J connectivity index is 1.34. The van der Waals surface area contributed by atoms with Crippen molar-refractivity contribution in [3.8, 4) is 0 Å². The van der Waals surface area contributed by atoms with E-state index in [0.29, 0.717) is 36.6 Å². The number of hydrogen-bond donors (Lipinski definition) is 1. The van der Waals surface area contributed by atoms with Crippen molar-refractivity contribution < 1.29 is 18.8 Å². The number of rotatable bonds is 5. The number of likely N-dealkylation sites (tertiary alicyclic amines) is 1. The Bertz CT molecular complexity index is 1330. The number of amides is 3. The number of para-hydroxylation sites is 1. The van der Waals surface area contributed by atoms with Crippen molar-refractivity contribution in [2.75, 3.05) is 36.5 Å². The molecule has 3 aromatic rings. The van der Waals surface area contributed by atoms with Crippen molar-refractivity contribution in [1.29, 1.82) is 0 Å². The molecule has 5 rings (SSSR count). The number of anilines is 2. The molecule has 1 spiro atoms. The highest BCUT2D eigenvalue weighted by molar-refractivity contribution is 6.30. The first-order valence-electron chi connectivity index (χ1n) is 12.1. The van der Waals surface area contributed by atoms with E-state index < -0.39 is 11.4 Å². The van der Waals surface area contributed by atoms with Gasteiger partial charge in [-0.15, -0.1) is 0 Å². The van der Waals surface area contributed by atoms with Crippen molar-refractivity contribution in [3.63, 3.8) is 0 Å². The zero-order valence-corrected chi connectivity index (χ0v) is 20.8. The second-order valence-electron chi connectivity index (χ2n) is 9.30. The molecule has 3 aromatic carbocycles. The molecular formula is C28H26ClFN4O3. The van der Waals surface area contributed by atoms with Crippen LogP contribution in [0, 0.1) is 5.82 Å². The molecule has 2 aliphatic rings. The molecule has 0 aliphatic carbocycles. The molecule has 0 unspecified atom stereocenters. The van der Waals surface area contributed by atoms with Gasteiger partial charge < -0.3 is 20.0 Å². The molecule has 0 radical (unpaired) electrons. The molecular weight excluding hydrogens is 495 g/mol. The van der Waals surface area contributed by atoms with E-state index in [1.165, 1.54) is 18.2 Å². The molecule has 37 heavy (non-hydrogen) atoms. The first kappa shape index (κ1) is 24.8. The lowest BCUT2D eigenvalue weighted by Gasteiger charge is -2.43. The van der Waals surface area contributed by atoms with Crippen LogP contribution in [0.5, 0.6) is 0 Å². The van der Waals surface area contributed by atoms with E-state index in [1.807, 2.05) is 35.2 Å². The van der Waals surface area contributed by atoms with Crippen LogP contribution in [0.25, 0.3) is 0 Å². The second-order valence-corrected chi connectivity index (χ2v) is 9.74. The van der Waals surface area contributed by atoms with E-state index in [1.54, 1.807) is 40.1 Å². The molecule has 0 atom stereocenters. The minimum absolute atomic E-state index is 0.109. The molecule has 2 aliphatic heterocycles. The van der Waals surface area contributed by atoms with Crippen LogP contribution in [0.3, 0.4) is 0 Å². The quantitative estimate of drug-likeness (QED) is 0.541. The van der Waals surface area contributed by atoms with Crippen molar-refractivity contribution in [2.45, 2.75) is 18.4 Å². The lowest BCUT2D eigenvalue weighted by Crippen LogP contribution is -2.57. The van der Waals surface area contributed by atoms with Crippen LogP contribution in [0.2, 0.25) is 5.02 Å². The molecule has 1 N–H and O–H groups in total. The normalized spacial score (nSPS) is 16.8. The maximum Gasteiger partial charge on any atom is 0.253 e. The van der Waals surface area contributed by atoms with Crippen LogP contribution < -0.4 is 10.2 Å². The largest absolute Gasteiger partial charge is 0.339 e. The molecule has 2 heterocycles. The first-order chi connectivity index (χ1) is 17.9. The molecule has 2 saturated heterocycles. The van der Waals surface area contributed by atoms with Gasteiger partial charge in [-0.25, -0.2) is 4.39 Å². The van der Waals surface area contributed by atoms with Gasteiger partial charge in [0.2, 0.25) is 5.91 Å². The molecule has 7 nitrogen and oxygen atoms in total. The third-order valence-electron chi connectivity index (χ3n) is 6.97. The fourth-order valence-electron chi connectivity index (χ4n) is 5.15. The molecule has 0 bridgehead atoms. The number of nitrogens with one attached hydrogen (secondary N) is 1. The van der Waals surface area contributed by atoms with Gasteiger partial charge in [0.1, 0.15) is 17.9 Å². The molecule has 3 amide bonds. The molecule has 2 fully saturated rings. The Kier molecular flexibility index (Phi) is 6.84. The van der Waals surface area contributed by atoms with E-state index in [4.69, 9.17) is 11.6 Å². The summed E-state index contributed by atoms with van der Waals surface area (Å²) < 4.78 is 13.7. The standard InChI is InChI=1S/C28H26ClFN4O3/c29-21-7-5-9-23(17-21)31-25(35)18-33-19-34(24-10-2-1-3-11-24)28(27(33)37)12-14-32(15-13-28)26(36)20-6-4-8-22(30)16-20/h1-11,16-17H,12-15,18-19H2,(H,31,35). The zero-order chi connectivity index (χ0) is 26.0. The number of nitrogens with zero attached hydrogens (tertiary/aromatic N) is 3. The zero-order valence-electron chi connectivity index (χ0n) is 20.1. The SMILES string of the molecule is O=C(CN1CN(c2ccccc2)C2(CCN(C(=O)c3cccc(F)c3)CC2)C1=O)Nc1cccc(Cl)c1. The maximum atomic E-state index is 13.8. The van der Waals surface area contributed by atoms with Gasteiger partial charge >= 0.3 is 0 Å². The molecule has 190 valence electrons. The third-order valence-corrected chi connectivity index (χ3v) is 7.21. The topological polar surface area (TPSA) is 73.0 Å². The summed E-state index contributed by atoms with van der Waals surface area (Å²) >= 11 is 6.02. The van der Waals surface area contributed by atoms with Crippen LogP contribution in [-0.2, 0) is 9.59 Å². The van der Waals surface area contributed by atoms with Crippen LogP contribution in [0.1, 0.15) is 23.2 Å². The molecule has 0 saturated carbocycles. The van der Waals surface area contributed by atoms with Crippen LogP contribution in [0.15, 0.2) is 78.9 Å². The lowest BCUT2D eigenvalue weighted by molar-refractivity contribution is -0.136. The summed E-state index contributed by atoms with van der Waals surface area (Å²) in [6, 6.07) is 22.1. The average Bonchev–Trinajstić information content (AvgIpc) is 3.15. The highest BCUT2D eigenvalue weighted by Gasteiger charge is 2.54. The van der Waals surface area contributed by atoms with E-state index in [0.717, 1.165) is 5.69 Å². The number of halogens is 2. The Morgan fingerprint density at radius 1 is 0.946 bits per heavy atom. The van der Waals surface area contributed by atoms with Crippen LogP contribution in [-0.4, -0.2) is 59.4 Å². The fourth-order valence-corrected chi connectivity index (χ4v) is 5.34. The molecule has 0 aromatic heterocycles. The fraction of sp³-hybridized carbons (Fsp3) is 0.250. The van der Waals surface area contributed by atoms with Crippen molar-refractivity contribution in [1.82, 2.24) is 9.80 Å². The monoisotopic (exact) mass is 520 g/mol. The highest BCUT2D eigenvalue weighted by Crippen LogP contribution is 2.39. The minimum atomic E-state index is -0.879. The summed E-state index contributed by atoms with van der Waals surface area (Å²) in [7, 11) is 0. The average molecular weight is 521 g/mol. The summed E-state index contributed by atoms with van der Waals surface area (Å²) in [5.74, 6) is -1.19. The summed E-state index contributed by atoms with van der Waals surface area (Å²) in [5.41, 5.74) is 0.838. The number of hydrogen-bond acceptors (Lipinski definition) is 4. The second kappa shape index (κ2) is 10.2. The Hall–Kier alpha value is -3.91.